The normalized spacial score (nSPS) is 12.5. The molecule has 0 unspecified atom stereocenters. The summed E-state index contributed by atoms with van der Waals surface area (Å²) in [6, 6.07) is 65.4. The lowest BCUT2D eigenvalue weighted by molar-refractivity contribution is -0.120. The van der Waals surface area contributed by atoms with E-state index in [0.29, 0.717) is 6.42 Å². The van der Waals surface area contributed by atoms with Crippen molar-refractivity contribution >= 4 is 35.5 Å². The summed E-state index contributed by atoms with van der Waals surface area (Å²) >= 11 is 4.00. The van der Waals surface area contributed by atoms with E-state index in [9.17, 15) is 9.59 Å². The van der Waals surface area contributed by atoms with Crippen molar-refractivity contribution in [1.82, 2.24) is 15.5 Å². The molecule has 6 rings (SSSR count). The highest BCUT2D eigenvalue weighted by Crippen LogP contribution is 2.54. The summed E-state index contributed by atoms with van der Waals surface area (Å²) in [6.07, 6.45) is 1.00. The fourth-order valence-electron chi connectivity index (χ4n) is 8.82. The number of benzene rings is 6. The van der Waals surface area contributed by atoms with Crippen LogP contribution in [0, 0.1) is 0 Å². The molecule has 6 nitrogen and oxygen atoms in total. The standard InChI is InChI=1S/C58H69N3O3S2/c1-54(2,3)64-53(63)60-52(62)40-26-27-42-61(45-56(6,7)66-58(49-34-20-11-21-35-49,50-36-22-12-23-37-50)51-38-24-13-25-39-51)43-41-59-44-55(4,5)65-57(46-28-14-8-15-29-46,47-30-16-9-17-31-47)48-32-18-10-19-33-48/h8-25,28-39,59H,26-27,40-45H2,1-7H3,(H,60,62,63). The van der Waals surface area contributed by atoms with Crippen molar-refractivity contribution in [2.45, 2.75) is 92.3 Å². The SMILES string of the molecule is CC(C)(C)OC(=O)NC(=O)CCCCN(CCNCC(C)(C)SC(c1ccccc1)(c1ccccc1)c1ccccc1)CC(C)(C)SC(c1ccccc1)(c1ccccc1)c1ccccc1. The van der Waals surface area contributed by atoms with Gasteiger partial charge in [0.05, 0.1) is 9.49 Å². The molecule has 0 spiro atoms. The first kappa shape index (κ1) is 50.3. The number of carbonyl (C=O) groups is 2. The van der Waals surface area contributed by atoms with Crippen LogP contribution in [0.15, 0.2) is 182 Å². The van der Waals surface area contributed by atoms with Gasteiger partial charge in [0.25, 0.3) is 0 Å². The van der Waals surface area contributed by atoms with Crippen LogP contribution in [0.2, 0.25) is 0 Å². The van der Waals surface area contributed by atoms with Crippen molar-refractivity contribution in [3.8, 4) is 0 Å². The Hall–Kier alpha value is -5.12. The molecule has 0 fully saturated rings. The predicted molar refractivity (Wildman–Crippen MR) is 279 cm³/mol. The third-order valence-electron chi connectivity index (χ3n) is 11.5. The van der Waals surface area contributed by atoms with Gasteiger partial charge in [-0.05, 0) is 101 Å². The van der Waals surface area contributed by atoms with Gasteiger partial charge in [-0.1, -0.05) is 182 Å². The average Bonchev–Trinajstić information content (AvgIpc) is 3.31. The Morgan fingerprint density at radius 1 is 0.485 bits per heavy atom. The summed E-state index contributed by atoms with van der Waals surface area (Å²) in [6.45, 7) is 18.8. The lowest BCUT2D eigenvalue weighted by Gasteiger charge is -2.43. The number of hydrogen-bond acceptors (Lipinski definition) is 7. The van der Waals surface area contributed by atoms with Crippen LogP contribution in [-0.2, 0) is 19.0 Å². The van der Waals surface area contributed by atoms with Crippen molar-refractivity contribution in [1.29, 1.82) is 0 Å². The van der Waals surface area contributed by atoms with Gasteiger partial charge in [0.1, 0.15) is 5.60 Å². The van der Waals surface area contributed by atoms with Gasteiger partial charge in [0, 0.05) is 42.1 Å². The number of hydrogen-bond donors (Lipinski definition) is 2. The maximum Gasteiger partial charge on any atom is 0.414 e. The van der Waals surface area contributed by atoms with Crippen LogP contribution >= 0.6 is 23.5 Å². The van der Waals surface area contributed by atoms with Crippen LogP contribution in [-0.4, -0.2) is 64.7 Å². The monoisotopic (exact) mass is 919 g/mol. The highest BCUT2D eigenvalue weighted by molar-refractivity contribution is 8.02. The molecule has 0 heterocycles. The average molecular weight is 920 g/mol. The number of nitrogens with one attached hydrogen (secondary N) is 2. The smallest absolute Gasteiger partial charge is 0.414 e. The maximum atomic E-state index is 12.8. The molecule has 0 bridgehead atoms. The number of carbonyl (C=O) groups excluding carboxylic acids is 2. The first-order valence-electron chi connectivity index (χ1n) is 23.3. The largest absolute Gasteiger partial charge is 0.444 e. The fourth-order valence-corrected chi connectivity index (χ4v) is 12.4. The quantitative estimate of drug-likeness (QED) is 0.0519. The Balaban J connectivity index is 1.22. The number of alkyl carbamates (subject to hydrolysis) is 1. The topological polar surface area (TPSA) is 70.7 Å². The van der Waals surface area contributed by atoms with Gasteiger partial charge in [0.15, 0.2) is 0 Å². The minimum atomic E-state index is -0.702. The van der Waals surface area contributed by atoms with Crippen molar-refractivity contribution in [3.63, 3.8) is 0 Å². The molecule has 0 aromatic heterocycles. The second-order valence-electron chi connectivity index (χ2n) is 19.2. The van der Waals surface area contributed by atoms with Gasteiger partial charge >= 0.3 is 6.09 Å². The summed E-state index contributed by atoms with van der Waals surface area (Å²) in [5.41, 5.74) is 6.80. The number of nitrogens with zero attached hydrogens (tertiary/aromatic N) is 1. The highest BCUT2D eigenvalue weighted by Gasteiger charge is 2.44. The van der Waals surface area contributed by atoms with Crippen molar-refractivity contribution in [2.75, 3.05) is 32.7 Å². The molecule has 0 aliphatic carbocycles. The summed E-state index contributed by atoms with van der Waals surface area (Å²) in [5.74, 6) is -0.316. The molecular weight excluding hydrogens is 851 g/mol. The molecule has 66 heavy (non-hydrogen) atoms. The number of unbranched alkanes of at least 4 members (excludes halogenated alkanes) is 1. The Labute approximate surface area is 403 Å². The summed E-state index contributed by atoms with van der Waals surface area (Å²) < 4.78 is 4.02. The molecule has 6 aromatic rings. The number of ether oxygens (including phenoxy) is 1. The Morgan fingerprint density at radius 2 is 0.833 bits per heavy atom. The minimum Gasteiger partial charge on any atom is -0.444 e. The van der Waals surface area contributed by atoms with Crippen LogP contribution in [0.25, 0.3) is 0 Å². The van der Waals surface area contributed by atoms with Gasteiger partial charge in [0.2, 0.25) is 5.91 Å². The van der Waals surface area contributed by atoms with Gasteiger partial charge in [-0.15, -0.1) is 23.5 Å². The zero-order valence-electron chi connectivity index (χ0n) is 40.0. The molecule has 2 amide bonds. The predicted octanol–water partition coefficient (Wildman–Crippen LogP) is 13.1. The second kappa shape index (κ2) is 23.1. The molecule has 0 aliphatic rings. The Morgan fingerprint density at radius 3 is 1.18 bits per heavy atom. The zero-order chi connectivity index (χ0) is 47.1. The van der Waals surface area contributed by atoms with Crippen molar-refractivity contribution in [2.24, 2.45) is 0 Å². The summed E-state index contributed by atoms with van der Waals surface area (Å²) in [5, 5.41) is 6.32. The number of imide groups is 1. The van der Waals surface area contributed by atoms with Crippen LogP contribution in [0.5, 0.6) is 0 Å². The summed E-state index contributed by atoms with van der Waals surface area (Å²) in [4.78, 5) is 27.7. The lowest BCUT2D eigenvalue weighted by Crippen LogP contribution is -2.45. The van der Waals surface area contributed by atoms with E-state index in [-0.39, 0.29) is 21.8 Å². The summed E-state index contributed by atoms with van der Waals surface area (Å²) in [7, 11) is 0. The number of rotatable bonds is 22. The molecule has 2 N–H and O–H groups in total. The molecule has 6 aromatic carbocycles. The van der Waals surface area contributed by atoms with E-state index in [0.717, 1.165) is 39.1 Å². The zero-order valence-corrected chi connectivity index (χ0v) is 41.6. The second-order valence-corrected chi connectivity index (χ2v) is 23.1. The van der Waals surface area contributed by atoms with Crippen molar-refractivity contribution < 1.29 is 14.3 Å². The van der Waals surface area contributed by atoms with Gasteiger partial charge in [-0.2, -0.15) is 0 Å². The molecule has 8 heteroatoms. The number of amides is 2. The van der Waals surface area contributed by atoms with E-state index in [1.165, 1.54) is 33.4 Å². The third kappa shape index (κ3) is 13.7. The Bertz CT molecular complexity index is 2180. The highest BCUT2D eigenvalue weighted by atomic mass is 32.2. The molecule has 0 radical (unpaired) electrons. The number of thioether (sulfide) groups is 2. The van der Waals surface area contributed by atoms with Crippen LogP contribution in [0.3, 0.4) is 0 Å². The molecule has 346 valence electrons. The van der Waals surface area contributed by atoms with E-state index in [1.807, 2.05) is 23.5 Å². The molecule has 0 atom stereocenters. The van der Waals surface area contributed by atoms with Crippen molar-refractivity contribution in [3.05, 3.63) is 215 Å². The maximum absolute atomic E-state index is 12.8. The fraction of sp³-hybridized carbons (Fsp3) is 0.345. The first-order chi connectivity index (χ1) is 31.6. The van der Waals surface area contributed by atoms with Gasteiger partial charge in [-0.3, -0.25) is 10.1 Å². The van der Waals surface area contributed by atoms with Gasteiger partial charge in [-0.25, -0.2) is 4.79 Å². The van der Waals surface area contributed by atoms with Gasteiger partial charge < -0.3 is 15.0 Å². The first-order valence-corrected chi connectivity index (χ1v) is 24.9. The molecule has 0 saturated carbocycles. The van der Waals surface area contributed by atoms with Crippen LogP contribution < -0.4 is 10.6 Å². The molecule has 0 aliphatic heterocycles. The van der Waals surface area contributed by atoms with E-state index < -0.39 is 21.2 Å². The van der Waals surface area contributed by atoms with E-state index in [1.54, 1.807) is 20.8 Å². The lowest BCUT2D eigenvalue weighted by atomic mass is 9.84. The third-order valence-corrected chi connectivity index (χ3v) is 14.9. The minimum absolute atomic E-state index is 0.177. The van der Waals surface area contributed by atoms with E-state index in [2.05, 4.69) is 225 Å². The molecular formula is C58H69N3O3S2. The molecule has 0 saturated heterocycles. The van der Waals surface area contributed by atoms with E-state index in [4.69, 9.17) is 4.74 Å². The van der Waals surface area contributed by atoms with Crippen LogP contribution in [0.4, 0.5) is 4.79 Å². The van der Waals surface area contributed by atoms with Crippen LogP contribution in [0.1, 0.15) is 101 Å². The van der Waals surface area contributed by atoms with E-state index >= 15 is 0 Å². The Kier molecular flexibility index (Phi) is 17.6.